The summed E-state index contributed by atoms with van der Waals surface area (Å²) in [6.45, 7) is 8.81. The van der Waals surface area contributed by atoms with Gasteiger partial charge >= 0.3 is 0 Å². The molecular weight excluding hydrogens is 184 g/mol. The second-order valence-electron chi connectivity index (χ2n) is 4.22. The van der Waals surface area contributed by atoms with Crippen LogP contribution in [0.2, 0.25) is 0 Å². The Bertz CT molecular complexity index is 297. The molecule has 1 aromatic heterocycles. The summed E-state index contributed by atoms with van der Waals surface area (Å²) in [5, 5.41) is 0. The SMILES string of the molecule is CCCCCc1c(CC)oc(CC)c1C. The molecule has 1 heterocycles. The number of hydrogen-bond acceptors (Lipinski definition) is 1. The molecule has 0 unspecified atom stereocenters. The van der Waals surface area contributed by atoms with Gasteiger partial charge in [0.2, 0.25) is 0 Å². The molecular formula is C14H24O. The highest BCUT2D eigenvalue weighted by molar-refractivity contribution is 5.32. The predicted molar refractivity (Wildman–Crippen MR) is 65.4 cm³/mol. The highest BCUT2D eigenvalue weighted by atomic mass is 16.3. The summed E-state index contributed by atoms with van der Waals surface area (Å²) in [5.41, 5.74) is 2.90. The van der Waals surface area contributed by atoms with Crippen LogP contribution in [0.15, 0.2) is 4.42 Å². The van der Waals surface area contributed by atoms with Crippen LogP contribution in [0.4, 0.5) is 0 Å². The molecule has 0 aliphatic rings. The molecule has 0 bridgehead atoms. The molecule has 0 radical (unpaired) electrons. The van der Waals surface area contributed by atoms with E-state index in [2.05, 4.69) is 27.7 Å². The van der Waals surface area contributed by atoms with Crippen molar-refractivity contribution in [1.29, 1.82) is 0 Å². The smallest absolute Gasteiger partial charge is 0.107 e. The number of aryl methyl sites for hydroxylation is 2. The van der Waals surface area contributed by atoms with Crippen molar-refractivity contribution in [2.75, 3.05) is 0 Å². The molecule has 0 aromatic carbocycles. The van der Waals surface area contributed by atoms with E-state index < -0.39 is 0 Å². The van der Waals surface area contributed by atoms with E-state index in [0.717, 1.165) is 12.8 Å². The summed E-state index contributed by atoms with van der Waals surface area (Å²) in [7, 11) is 0. The Morgan fingerprint density at radius 3 is 2.13 bits per heavy atom. The van der Waals surface area contributed by atoms with Gasteiger partial charge < -0.3 is 4.42 Å². The largest absolute Gasteiger partial charge is 0.466 e. The Labute approximate surface area is 93.9 Å². The minimum absolute atomic E-state index is 1.02. The third-order valence-corrected chi connectivity index (χ3v) is 3.13. The maximum Gasteiger partial charge on any atom is 0.107 e. The number of rotatable bonds is 6. The summed E-state index contributed by atoms with van der Waals surface area (Å²) in [5.74, 6) is 2.42. The van der Waals surface area contributed by atoms with Crippen molar-refractivity contribution >= 4 is 0 Å². The normalized spacial score (nSPS) is 10.9. The van der Waals surface area contributed by atoms with Crippen molar-refractivity contribution < 1.29 is 4.42 Å². The first-order chi connectivity index (χ1) is 7.24. The van der Waals surface area contributed by atoms with Gasteiger partial charge in [0.15, 0.2) is 0 Å². The first-order valence-electron chi connectivity index (χ1n) is 6.34. The molecule has 1 aromatic rings. The van der Waals surface area contributed by atoms with Crippen LogP contribution in [-0.4, -0.2) is 0 Å². The lowest BCUT2D eigenvalue weighted by Crippen LogP contribution is -1.91. The second kappa shape index (κ2) is 5.99. The fraction of sp³-hybridized carbons (Fsp3) is 0.714. The van der Waals surface area contributed by atoms with Gasteiger partial charge in [-0.25, -0.2) is 0 Å². The number of hydrogen-bond donors (Lipinski definition) is 0. The van der Waals surface area contributed by atoms with Crippen LogP contribution in [0.3, 0.4) is 0 Å². The molecule has 0 N–H and O–H groups in total. The van der Waals surface area contributed by atoms with Gasteiger partial charge in [-0.15, -0.1) is 0 Å². The first kappa shape index (κ1) is 12.4. The van der Waals surface area contributed by atoms with Gasteiger partial charge in [-0.05, 0) is 30.9 Å². The Morgan fingerprint density at radius 2 is 1.60 bits per heavy atom. The lowest BCUT2D eigenvalue weighted by atomic mass is 10.0. The zero-order valence-electron chi connectivity index (χ0n) is 10.7. The lowest BCUT2D eigenvalue weighted by molar-refractivity contribution is 0.469. The van der Waals surface area contributed by atoms with Gasteiger partial charge in [0, 0.05) is 12.8 Å². The van der Waals surface area contributed by atoms with Gasteiger partial charge in [0.05, 0.1) is 0 Å². The molecule has 0 aliphatic carbocycles. The van der Waals surface area contributed by atoms with Gasteiger partial charge in [0.1, 0.15) is 11.5 Å². The number of unbranched alkanes of at least 4 members (excludes halogenated alkanes) is 2. The average molecular weight is 208 g/mol. The van der Waals surface area contributed by atoms with Gasteiger partial charge in [-0.1, -0.05) is 33.6 Å². The first-order valence-corrected chi connectivity index (χ1v) is 6.34. The molecule has 0 fully saturated rings. The summed E-state index contributed by atoms with van der Waals surface area (Å²) in [6.07, 6.45) is 7.17. The van der Waals surface area contributed by atoms with Crippen molar-refractivity contribution in [3.8, 4) is 0 Å². The fourth-order valence-electron chi connectivity index (χ4n) is 2.17. The van der Waals surface area contributed by atoms with E-state index in [1.165, 1.54) is 48.3 Å². The highest BCUT2D eigenvalue weighted by Gasteiger charge is 2.13. The van der Waals surface area contributed by atoms with Crippen LogP contribution in [-0.2, 0) is 19.3 Å². The summed E-state index contributed by atoms with van der Waals surface area (Å²) >= 11 is 0. The topological polar surface area (TPSA) is 13.1 Å². The molecule has 1 heteroatoms. The zero-order chi connectivity index (χ0) is 11.3. The van der Waals surface area contributed by atoms with E-state index in [9.17, 15) is 0 Å². The summed E-state index contributed by atoms with van der Waals surface area (Å²) < 4.78 is 5.87. The molecule has 0 amide bonds. The van der Waals surface area contributed by atoms with Crippen molar-refractivity contribution in [2.24, 2.45) is 0 Å². The fourth-order valence-corrected chi connectivity index (χ4v) is 2.17. The Morgan fingerprint density at radius 1 is 0.933 bits per heavy atom. The molecule has 1 nitrogen and oxygen atoms in total. The van der Waals surface area contributed by atoms with Crippen LogP contribution in [0.5, 0.6) is 0 Å². The van der Waals surface area contributed by atoms with E-state index in [1.54, 1.807) is 0 Å². The Kier molecular flexibility index (Phi) is 4.93. The molecule has 15 heavy (non-hydrogen) atoms. The van der Waals surface area contributed by atoms with Crippen molar-refractivity contribution in [3.63, 3.8) is 0 Å². The average Bonchev–Trinajstić information content (AvgIpc) is 2.56. The van der Waals surface area contributed by atoms with Crippen LogP contribution in [0.25, 0.3) is 0 Å². The third kappa shape index (κ3) is 2.87. The summed E-state index contributed by atoms with van der Waals surface area (Å²) in [6, 6.07) is 0. The minimum Gasteiger partial charge on any atom is -0.466 e. The number of furan rings is 1. The zero-order valence-corrected chi connectivity index (χ0v) is 10.7. The Hall–Kier alpha value is -0.720. The molecule has 0 spiro atoms. The maximum absolute atomic E-state index is 5.87. The van der Waals surface area contributed by atoms with Crippen molar-refractivity contribution in [1.82, 2.24) is 0 Å². The third-order valence-electron chi connectivity index (χ3n) is 3.13. The Balaban J connectivity index is 2.78. The van der Waals surface area contributed by atoms with Gasteiger partial charge in [-0.2, -0.15) is 0 Å². The van der Waals surface area contributed by atoms with E-state index in [1.807, 2.05) is 0 Å². The quantitative estimate of drug-likeness (QED) is 0.630. The standard InChI is InChI=1S/C14H24O/c1-5-8-9-10-12-11(4)13(6-2)15-14(12)7-3/h5-10H2,1-4H3. The van der Waals surface area contributed by atoms with E-state index in [4.69, 9.17) is 4.42 Å². The summed E-state index contributed by atoms with van der Waals surface area (Å²) in [4.78, 5) is 0. The van der Waals surface area contributed by atoms with Crippen molar-refractivity contribution in [3.05, 3.63) is 22.6 Å². The van der Waals surface area contributed by atoms with Crippen LogP contribution in [0, 0.1) is 6.92 Å². The molecule has 86 valence electrons. The predicted octanol–water partition coefficient (Wildman–Crippen LogP) is 4.45. The molecule has 0 saturated heterocycles. The van der Waals surface area contributed by atoms with Gasteiger partial charge in [-0.3, -0.25) is 0 Å². The molecule has 0 aliphatic heterocycles. The van der Waals surface area contributed by atoms with Crippen LogP contribution in [0.1, 0.15) is 62.7 Å². The maximum atomic E-state index is 5.87. The van der Waals surface area contributed by atoms with E-state index in [0.29, 0.717) is 0 Å². The molecule has 1 rings (SSSR count). The minimum atomic E-state index is 1.02. The van der Waals surface area contributed by atoms with Crippen LogP contribution >= 0.6 is 0 Å². The van der Waals surface area contributed by atoms with Crippen LogP contribution < -0.4 is 0 Å². The van der Waals surface area contributed by atoms with E-state index >= 15 is 0 Å². The molecule has 0 saturated carbocycles. The monoisotopic (exact) mass is 208 g/mol. The molecule has 0 atom stereocenters. The van der Waals surface area contributed by atoms with E-state index in [-0.39, 0.29) is 0 Å². The van der Waals surface area contributed by atoms with Gasteiger partial charge in [0.25, 0.3) is 0 Å². The van der Waals surface area contributed by atoms with Crippen molar-refractivity contribution in [2.45, 2.75) is 66.2 Å². The second-order valence-corrected chi connectivity index (χ2v) is 4.22. The highest BCUT2D eigenvalue weighted by Crippen LogP contribution is 2.25. The lowest BCUT2D eigenvalue weighted by Gasteiger charge is -2.01.